The molecular formula is C26H24ClF5N8O. The van der Waals surface area contributed by atoms with Crippen molar-refractivity contribution < 1.29 is 26.7 Å². The number of nitrogens with two attached hydrogens (primary N) is 1. The number of rotatable bonds is 7. The van der Waals surface area contributed by atoms with Crippen LogP contribution in [0.3, 0.4) is 0 Å². The van der Waals surface area contributed by atoms with E-state index in [4.69, 9.17) is 22.1 Å². The van der Waals surface area contributed by atoms with E-state index in [-0.39, 0.29) is 71.9 Å². The number of imidazole rings is 1. The molecule has 15 heteroatoms. The van der Waals surface area contributed by atoms with E-state index >= 15 is 0 Å². The summed E-state index contributed by atoms with van der Waals surface area (Å²) in [7, 11) is 1.61. The highest BCUT2D eigenvalue weighted by Crippen LogP contribution is 2.38. The molecule has 0 bridgehead atoms. The van der Waals surface area contributed by atoms with E-state index in [0.717, 1.165) is 6.07 Å². The molecule has 0 saturated carbocycles. The standard InChI is InChI=1S/C26H24ClF5N8O/c1-39-22-21(27)20(41-19(11-33)18-12-34-6-7-35-18)13-36-23(22)38-24(39)37-16-3-2-15(17(10-16)26(30,31)32)14-40-8-4-25(28,29)5-9-40/h2-3,6-7,10-13H,4-5,8-9,14,33H2,1H3,(H,36,37,38)/b19-11+. The van der Waals surface area contributed by atoms with Crippen LogP contribution in [0, 0.1) is 0 Å². The van der Waals surface area contributed by atoms with Crippen LogP contribution in [0.25, 0.3) is 16.9 Å². The van der Waals surface area contributed by atoms with Gasteiger partial charge in [0.25, 0.3) is 5.92 Å². The summed E-state index contributed by atoms with van der Waals surface area (Å²) < 4.78 is 76.3. The van der Waals surface area contributed by atoms with Gasteiger partial charge in [0.1, 0.15) is 16.2 Å². The number of ether oxygens (including phenoxy) is 1. The van der Waals surface area contributed by atoms with Crippen LogP contribution < -0.4 is 15.8 Å². The van der Waals surface area contributed by atoms with E-state index in [1.165, 1.54) is 47.7 Å². The first-order valence-electron chi connectivity index (χ1n) is 12.4. The molecule has 0 unspecified atom stereocenters. The molecule has 4 heterocycles. The number of likely N-dealkylation sites (tertiary alicyclic amines) is 1. The van der Waals surface area contributed by atoms with Gasteiger partial charge in [-0.05, 0) is 17.7 Å². The number of halogens is 6. The van der Waals surface area contributed by atoms with Gasteiger partial charge in [-0.3, -0.25) is 9.88 Å². The first kappa shape index (κ1) is 28.5. The Labute approximate surface area is 235 Å². The van der Waals surface area contributed by atoms with Gasteiger partial charge in [0, 0.05) is 63.8 Å². The Morgan fingerprint density at radius 3 is 2.59 bits per heavy atom. The number of piperidine rings is 1. The van der Waals surface area contributed by atoms with Crippen molar-refractivity contribution in [1.29, 1.82) is 0 Å². The fraction of sp³-hybridized carbons (Fsp3) is 0.308. The summed E-state index contributed by atoms with van der Waals surface area (Å²) in [5.74, 6) is -2.28. The molecule has 0 amide bonds. The van der Waals surface area contributed by atoms with Gasteiger partial charge < -0.3 is 20.4 Å². The minimum atomic E-state index is -4.66. The molecule has 1 aliphatic heterocycles. The Morgan fingerprint density at radius 1 is 1.17 bits per heavy atom. The molecule has 1 aromatic carbocycles. The summed E-state index contributed by atoms with van der Waals surface area (Å²) >= 11 is 6.61. The molecule has 1 fully saturated rings. The number of alkyl halides is 5. The number of anilines is 2. The van der Waals surface area contributed by atoms with Crippen molar-refractivity contribution >= 4 is 40.2 Å². The summed E-state index contributed by atoms with van der Waals surface area (Å²) in [4.78, 5) is 18.3. The lowest BCUT2D eigenvalue weighted by molar-refractivity contribution is -0.138. The predicted molar refractivity (Wildman–Crippen MR) is 143 cm³/mol. The summed E-state index contributed by atoms with van der Waals surface area (Å²) in [6.07, 6.45) is 1.53. The molecule has 9 nitrogen and oxygen atoms in total. The van der Waals surface area contributed by atoms with Crippen LogP contribution in [0.2, 0.25) is 5.02 Å². The van der Waals surface area contributed by atoms with Crippen molar-refractivity contribution in [3.63, 3.8) is 0 Å². The van der Waals surface area contributed by atoms with Gasteiger partial charge in [0.2, 0.25) is 5.95 Å². The van der Waals surface area contributed by atoms with Gasteiger partial charge in [0.15, 0.2) is 17.2 Å². The van der Waals surface area contributed by atoms with E-state index in [2.05, 4.69) is 25.3 Å². The van der Waals surface area contributed by atoms with Crippen LogP contribution in [0.15, 0.2) is 49.2 Å². The van der Waals surface area contributed by atoms with E-state index in [0.29, 0.717) is 11.2 Å². The van der Waals surface area contributed by atoms with Crippen LogP contribution in [0.4, 0.5) is 33.6 Å². The lowest BCUT2D eigenvalue weighted by atomic mass is 10.0. The molecule has 0 atom stereocenters. The zero-order chi connectivity index (χ0) is 29.4. The smallest absolute Gasteiger partial charge is 0.416 e. The fourth-order valence-electron chi connectivity index (χ4n) is 4.48. The average molecular weight is 595 g/mol. The zero-order valence-corrected chi connectivity index (χ0v) is 22.3. The number of fused-ring (bicyclic) bond motifs is 1. The molecule has 0 spiro atoms. The van der Waals surface area contributed by atoms with Crippen molar-refractivity contribution in [3.05, 3.63) is 71.0 Å². The predicted octanol–water partition coefficient (Wildman–Crippen LogP) is 5.74. The molecule has 0 aliphatic carbocycles. The number of benzene rings is 1. The largest absolute Gasteiger partial charge is 0.450 e. The SMILES string of the molecule is Cn1c(Nc2ccc(CN3CCC(F)(F)CC3)c(C(F)(F)F)c2)nc2ncc(O/C(=C/N)c3cnccn3)c(Cl)c21. The summed E-state index contributed by atoms with van der Waals surface area (Å²) in [5, 5.41) is 3.03. The number of aryl methyl sites for hydroxylation is 1. The zero-order valence-electron chi connectivity index (χ0n) is 21.6. The minimum Gasteiger partial charge on any atom is -0.450 e. The normalized spacial score (nSPS) is 16.2. The van der Waals surface area contributed by atoms with E-state index in [1.54, 1.807) is 11.9 Å². The van der Waals surface area contributed by atoms with Crippen molar-refractivity contribution in [2.75, 3.05) is 18.4 Å². The molecule has 216 valence electrons. The fourth-order valence-corrected chi connectivity index (χ4v) is 4.78. The Morgan fingerprint density at radius 2 is 1.93 bits per heavy atom. The van der Waals surface area contributed by atoms with Crippen molar-refractivity contribution in [2.24, 2.45) is 12.8 Å². The average Bonchev–Trinajstić information content (AvgIpc) is 3.25. The maximum Gasteiger partial charge on any atom is 0.416 e. The maximum atomic E-state index is 14.0. The summed E-state index contributed by atoms with van der Waals surface area (Å²) in [5.41, 5.74) is 5.89. The Bertz CT molecular complexity index is 1580. The van der Waals surface area contributed by atoms with Crippen molar-refractivity contribution in [3.8, 4) is 5.75 Å². The molecule has 3 aromatic heterocycles. The molecule has 0 radical (unpaired) electrons. The highest BCUT2D eigenvalue weighted by molar-refractivity contribution is 6.36. The molecule has 3 N–H and O–H groups in total. The number of aromatic nitrogens is 5. The first-order chi connectivity index (χ1) is 19.4. The van der Waals surface area contributed by atoms with E-state index < -0.39 is 17.7 Å². The van der Waals surface area contributed by atoms with Crippen molar-refractivity contribution in [2.45, 2.75) is 31.5 Å². The summed E-state index contributed by atoms with van der Waals surface area (Å²) in [6.45, 7) is -0.0521. The van der Waals surface area contributed by atoms with Gasteiger partial charge in [0.05, 0.1) is 18.0 Å². The Hall–Kier alpha value is -4.04. The third-order valence-corrected chi connectivity index (χ3v) is 7.01. The van der Waals surface area contributed by atoms with Crippen LogP contribution >= 0.6 is 11.6 Å². The number of hydrogen-bond acceptors (Lipinski definition) is 8. The number of pyridine rings is 1. The molecule has 5 rings (SSSR count). The second-order valence-corrected chi connectivity index (χ2v) is 9.83. The van der Waals surface area contributed by atoms with Gasteiger partial charge >= 0.3 is 6.18 Å². The van der Waals surface area contributed by atoms with E-state index in [1.807, 2.05) is 0 Å². The third kappa shape index (κ3) is 6.17. The first-order valence-corrected chi connectivity index (χ1v) is 12.8. The Kier molecular flexibility index (Phi) is 7.70. The van der Waals surface area contributed by atoms with Gasteiger partial charge in [-0.25, -0.2) is 18.7 Å². The summed E-state index contributed by atoms with van der Waals surface area (Å²) in [6, 6.07) is 3.78. The van der Waals surface area contributed by atoms with E-state index in [9.17, 15) is 22.0 Å². The quantitative estimate of drug-likeness (QED) is 0.206. The van der Waals surface area contributed by atoms with Crippen LogP contribution in [0.5, 0.6) is 5.75 Å². The molecule has 1 aliphatic rings. The molecular weight excluding hydrogens is 571 g/mol. The second kappa shape index (κ2) is 11.1. The van der Waals surface area contributed by atoms with Crippen LogP contribution in [-0.2, 0) is 19.8 Å². The minimum absolute atomic E-state index is 0.00311. The number of hydrogen-bond donors (Lipinski definition) is 2. The van der Waals surface area contributed by atoms with Crippen LogP contribution in [-0.4, -0.2) is 48.4 Å². The van der Waals surface area contributed by atoms with Crippen molar-refractivity contribution in [1.82, 2.24) is 29.4 Å². The topological polar surface area (TPSA) is 107 Å². The van der Waals surface area contributed by atoms with Crippen LogP contribution in [0.1, 0.15) is 29.7 Å². The third-order valence-electron chi connectivity index (χ3n) is 6.64. The lowest BCUT2D eigenvalue weighted by Gasteiger charge is -2.32. The monoisotopic (exact) mass is 594 g/mol. The molecule has 41 heavy (non-hydrogen) atoms. The lowest BCUT2D eigenvalue weighted by Crippen LogP contribution is -2.39. The van der Waals surface area contributed by atoms with Gasteiger partial charge in [-0.1, -0.05) is 17.7 Å². The second-order valence-electron chi connectivity index (χ2n) is 9.45. The highest BCUT2D eigenvalue weighted by Gasteiger charge is 2.37. The van der Waals surface area contributed by atoms with Gasteiger partial charge in [-0.15, -0.1) is 0 Å². The molecule has 1 saturated heterocycles. The van der Waals surface area contributed by atoms with Gasteiger partial charge in [-0.2, -0.15) is 18.2 Å². The number of nitrogens with one attached hydrogen (secondary N) is 1. The number of nitrogens with zero attached hydrogens (tertiary/aromatic N) is 6. The maximum absolute atomic E-state index is 14.0. The Balaban J connectivity index is 1.40. The highest BCUT2D eigenvalue weighted by atomic mass is 35.5. The molecule has 4 aromatic rings.